The summed E-state index contributed by atoms with van der Waals surface area (Å²) in [5, 5.41) is 2.44. The van der Waals surface area contributed by atoms with E-state index in [1.807, 2.05) is 24.3 Å². The van der Waals surface area contributed by atoms with Gasteiger partial charge in [-0.2, -0.15) is 0 Å². The predicted octanol–water partition coefficient (Wildman–Crippen LogP) is 1.92. The minimum Gasteiger partial charge on any atom is -0.370 e. The minimum absolute atomic E-state index is 0.0936. The van der Waals surface area contributed by atoms with Crippen LogP contribution in [-0.2, 0) is 0 Å². The molecule has 3 heteroatoms. The van der Waals surface area contributed by atoms with E-state index in [-0.39, 0.29) is 5.96 Å². The van der Waals surface area contributed by atoms with Crippen molar-refractivity contribution in [1.82, 2.24) is 0 Å². The Morgan fingerprint density at radius 1 is 1.00 bits per heavy atom. The highest BCUT2D eigenvalue weighted by Gasteiger charge is 2.15. The Bertz CT molecular complexity index is 629. The van der Waals surface area contributed by atoms with E-state index in [1.165, 1.54) is 16.3 Å². The Kier molecular flexibility index (Phi) is 1.74. The molecule has 0 spiro atoms. The van der Waals surface area contributed by atoms with Gasteiger partial charge in [0, 0.05) is 5.56 Å². The smallest absolute Gasteiger partial charge is 0.191 e. The quantitative estimate of drug-likeness (QED) is 0.556. The average Bonchev–Trinajstić information content (AvgIpc) is 2.59. The van der Waals surface area contributed by atoms with Crippen LogP contribution in [0.3, 0.4) is 0 Å². The van der Waals surface area contributed by atoms with E-state index in [4.69, 9.17) is 11.5 Å². The van der Waals surface area contributed by atoms with Crippen molar-refractivity contribution in [2.45, 2.75) is 0 Å². The van der Waals surface area contributed by atoms with Crippen LogP contribution < -0.4 is 11.5 Å². The van der Waals surface area contributed by atoms with E-state index in [9.17, 15) is 0 Å². The number of nitrogens with zero attached hydrogens (tertiary/aromatic N) is 1. The van der Waals surface area contributed by atoms with Crippen LogP contribution in [0.25, 0.3) is 22.5 Å². The van der Waals surface area contributed by atoms with Gasteiger partial charge in [0.1, 0.15) is 0 Å². The fourth-order valence-corrected chi connectivity index (χ4v) is 2.16. The average molecular weight is 209 g/mol. The lowest BCUT2D eigenvalue weighted by Gasteiger charge is -2.02. The normalized spacial score (nSPS) is 12.6. The summed E-state index contributed by atoms with van der Waals surface area (Å²) in [6, 6.07) is 12.3. The lowest BCUT2D eigenvalue weighted by atomic mass is 10.0. The van der Waals surface area contributed by atoms with Crippen LogP contribution in [0.5, 0.6) is 0 Å². The minimum atomic E-state index is 0.0936. The van der Waals surface area contributed by atoms with Crippen molar-refractivity contribution in [1.29, 1.82) is 0 Å². The summed E-state index contributed by atoms with van der Waals surface area (Å²) in [5.74, 6) is 0.0936. The third-order valence-corrected chi connectivity index (χ3v) is 2.75. The number of guanidine groups is 1. The standard InChI is InChI=1S/C13H11N3/c14-13(15)16-11-7-9-5-1-3-8-4-2-6-10(11)12(8)9/h1-7H,(H4,14,15,16). The van der Waals surface area contributed by atoms with Crippen LogP contribution >= 0.6 is 0 Å². The second-order valence-corrected chi connectivity index (χ2v) is 3.82. The van der Waals surface area contributed by atoms with Crippen molar-refractivity contribution in [3.05, 3.63) is 47.5 Å². The zero-order valence-corrected chi connectivity index (χ0v) is 8.64. The lowest BCUT2D eigenvalue weighted by molar-refractivity contribution is 1.45. The van der Waals surface area contributed by atoms with Gasteiger partial charge in [-0.05, 0) is 22.4 Å². The van der Waals surface area contributed by atoms with Crippen molar-refractivity contribution in [3.63, 3.8) is 0 Å². The van der Waals surface area contributed by atoms with Crippen LogP contribution in [0.2, 0.25) is 0 Å². The van der Waals surface area contributed by atoms with Gasteiger partial charge in [-0.15, -0.1) is 0 Å². The number of aliphatic imine (C=N–C) groups is 1. The summed E-state index contributed by atoms with van der Waals surface area (Å²) < 4.78 is 0. The van der Waals surface area contributed by atoms with Crippen LogP contribution in [0, 0.1) is 0 Å². The number of rotatable bonds is 1. The molecule has 78 valence electrons. The Labute approximate surface area is 93.1 Å². The maximum atomic E-state index is 5.42. The summed E-state index contributed by atoms with van der Waals surface area (Å²) in [5.41, 5.74) is 14.0. The first kappa shape index (κ1) is 8.97. The third kappa shape index (κ3) is 1.18. The van der Waals surface area contributed by atoms with Crippen molar-refractivity contribution in [2.24, 2.45) is 16.5 Å². The molecule has 0 aliphatic heterocycles. The molecule has 16 heavy (non-hydrogen) atoms. The summed E-state index contributed by atoms with van der Waals surface area (Å²) in [7, 11) is 0. The molecule has 2 aromatic rings. The van der Waals surface area contributed by atoms with Crippen LogP contribution in [0.1, 0.15) is 11.1 Å². The first-order chi connectivity index (χ1) is 7.75. The van der Waals surface area contributed by atoms with Crippen LogP contribution in [0.4, 0.5) is 0 Å². The summed E-state index contributed by atoms with van der Waals surface area (Å²) >= 11 is 0. The van der Waals surface area contributed by atoms with E-state index in [2.05, 4.69) is 23.2 Å². The molecular formula is C13H11N3. The Morgan fingerprint density at radius 3 is 2.50 bits per heavy atom. The molecule has 4 N–H and O–H groups in total. The first-order valence-corrected chi connectivity index (χ1v) is 5.09. The van der Waals surface area contributed by atoms with Gasteiger partial charge in [0.25, 0.3) is 0 Å². The second-order valence-electron chi connectivity index (χ2n) is 3.82. The number of benzene rings is 2. The molecule has 0 saturated heterocycles. The fraction of sp³-hybridized carbons (Fsp3) is 0. The van der Waals surface area contributed by atoms with E-state index >= 15 is 0 Å². The van der Waals surface area contributed by atoms with Gasteiger partial charge < -0.3 is 11.5 Å². The maximum absolute atomic E-state index is 5.42. The molecule has 1 aliphatic carbocycles. The van der Waals surface area contributed by atoms with E-state index in [0.717, 1.165) is 11.3 Å². The van der Waals surface area contributed by atoms with Crippen molar-refractivity contribution in [2.75, 3.05) is 0 Å². The SMILES string of the molecule is NC(N)=NC1=Cc2cccc3cccc1c23. The Morgan fingerprint density at radius 2 is 1.75 bits per heavy atom. The van der Waals surface area contributed by atoms with Gasteiger partial charge in [0.05, 0.1) is 5.70 Å². The van der Waals surface area contributed by atoms with E-state index < -0.39 is 0 Å². The highest BCUT2D eigenvalue weighted by molar-refractivity contribution is 6.10. The van der Waals surface area contributed by atoms with Crippen LogP contribution in [0.15, 0.2) is 41.4 Å². The summed E-state index contributed by atoms with van der Waals surface area (Å²) in [6.45, 7) is 0. The molecule has 1 aliphatic rings. The molecule has 0 bridgehead atoms. The number of nitrogens with two attached hydrogens (primary N) is 2. The summed E-state index contributed by atoms with van der Waals surface area (Å²) in [6.07, 6.45) is 2.01. The van der Waals surface area contributed by atoms with Crippen molar-refractivity contribution >= 4 is 28.5 Å². The zero-order chi connectivity index (χ0) is 11.1. The molecule has 0 radical (unpaired) electrons. The van der Waals surface area contributed by atoms with Gasteiger partial charge >= 0.3 is 0 Å². The van der Waals surface area contributed by atoms with E-state index in [1.54, 1.807) is 0 Å². The molecule has 0 aromatic heterocycles. The molecule has 0 atom stereocenters. The maximum Gasteiger partial charge on any atom is 0.191 e. The van der Waals surface area contributed by atoms with Crippen molar-refractivity contribution < 1.29 is 0 Å². The summed E-state index contributed by atoms with van der Waals surface area (Å²) in [4.78, 5) is 4.15. The molecule has 2 aromatic carbocycles. The fourth-order valence-electron chi connectivity index (χ4n) is 2.16. The van der Waals surface area contributed by atoms with Gasteiger partial charge in [-0.3, -0.25) is 0 Å². The number of hydrogen-bond acceptors (Lipinski definition) is 1. The van der Waals surface area contributed by atoms with Gasteiger partial charge in [0.2, 0.25) is 0 Å². The first-order valence-electron chi connectivity index (χ1n) is 5.09. The largest absolute Gasteiger partial charge is 0.370 e. The Hall–Kier alpha value is -2.29. The molecule has 3 rings (SSSR count). The van der Waals surface area contributed by atoms with Gasteiger partial charge in [-0.1, -0.05) is 36.4 Å². The topological polar surface area (TPSA) is 64.4 Å². The number of hydrogen-bond donors (Lipinski definition) is 2. The third-order valence-electron chi connectivity index (χ3n) is 2.75. The predicted molar refractivity (Wildman–Crippen MR) is 67.6 cm³/mol. The molecule has 0 fully saturated rings. The second kappa shape index (κ2) is 3.10. The zero-order valence-electron chi connectivity index (χ0n) is 8.64. The van der Waals surface area contributed by atoms with Gasteiger partial charge in [0.15, 0.2) is 5.96 Å². The highest BCUT2D eigenvalue weighted by Crippen LogP contribution is 2.36. The highest BCUT2D eigenvalue weighted by atomic mass is 15.0. The monoisotopic (exact) mass is 209 g/mol. The molecular weight excluding hydrogens is 198 g/mol. The van der Waals surface area contributed by atoms with Gasteiger partial charge in [-0.25, -0.2) is 4.99 Å². The molecule has 3 nitrogen and oxygen atoms in total. The molecule has 0 saturated carbocycles. The molecule has 0 heterocycles. The van der Waals surface area contributed by atoms with E-state index in [0.29, 0.717) is 0 Å². The van der Waals surface area contributed by atoms with Crippen LogP contribution in [-0.4, -0.2) is 5.96 Å². The Balaban J connectivity index is 2.34. The lowest BCUT2D eigenvalue weighted by Crippen LogP contribution is -2.22. The molecule has 0 amide bonds. The molecule has 0 unspecified atom stereocenters. The van der Waals surface area contributed by atoms with Crippen molar-refractivity contribution in [3.8, 4) is 0 Å².